The molecule has 1 aromatic carbocycles. The Morgan fingerprint density at radius 1 is 1.31 bits per heavy atom. The Kier molecular flexibility index (Phi) is 5.18. The molecule has 1 aliphatic heterocycles. The number of fused-ring (bicyclic) bond motifs is 1. The number of para-hydroxylation sites is 1. The van der Waals surface area contributed by atoms with Crippen molar-refractivity contribution in [1.82, 2.24) is 9.88 Å². The minimum Gasteiger partial charge on any atom is -0.360 e. The van der Waals surface area contributed by atoms with Crippen LogP contribution < -0.4 is 0 Å². The SMILES string of the molecule is CCc1cccc2c(C3=CCN(C(=O)CSc4cccs4)CC3)c[nH]c12. The molecule has 0 bridgehead atoms. The van der Waals surface area contributed by atoms with Crippen LogP contribution in [0.15, 0.2) is 52.2 Å². The molecule has 134 valence electrons. The largest absolute Gasteiger partial charge is 0.360 e. The number of nitrogens with one attached hydrogen (secondary N) is 1. The first-order valence-electron chi connectivity index (χ1n) is 8.98. The van der Waals surface area contributed by atoms with Crippen LogP contribution in [0.3, 0.4) is 0 Å². The van der Waals surface area contributed by atoms with Crippen LogP contribution in [0.5, 0.6) is 0 Å². The first-order chi connectivity index (χ1) is 12.8. The number of benzene rings is 1. The van der Waals surface area contributed by atoms with Crippen molar-refractivity contribution in [3.63, 3.8) is 0 Å². The zero-order valence-corrected chi connectivity index (χ0v) is 16.5. The van der Waals surface area contributed by atoms with E-state index in [1.54, 1.807) is 23.1 Å². The molecule has 0 saturated carbocycles. The lowest BCUT2D eigenvalue weighted by Crippen LogP contribution is -2.35. The van der Waals surface area contributed by atoms with Crippen LogP contribution in [0, 0.1) is 0 Å². The third-order valence-electron chi connectivity index (χ3n) is 4.92. The maximum Gasteiger partial charge on any atom is 0.233 e. The summed E-state index contributed by atoms with van der Waals surface area (Å²) in [5.41, 5.74) is 5.24. The smallest absolute Gasteiger partial charge is 0.233 e. The molecule has 0 unspecified atom stereocenters. The van der Waals surface area contributed by atoms with E-state index in [1.165, 1.54) is 31.8 Å². The van der Waals surface area contributed by atoms with Gasteiger partial charge in [-0.3, -0.25) is 4.79 Å². The summed E-state index contributed by atoms with van der Waals surface area (Å²) in [6.45, 7) is 3.70. The lowest BCUT2D eigenvalue weighted by Gasteiger charge is -2.26. The number of nitrogens with zero attached hydrogens (tertiary/aromatic N) is 1. The predicted molar refractivity (Wildman–Crippen MR) is 112 cm³/mol. The fourth-order valence-corrected chi connectivity index (χ4v) is 5.17. The number of carbonyl (C=O) groups excluding carboxylic acids is 1. The zero-order valence-electron chi connectivity index (χ0n) is 14.8. The molecule has 3 aromatic rings. The summed E-state index contributed by atoms with van der Waals surface area (Å²) in [6, 6.07) is 10.6. The van der Waals surface area contributed by atoms with Gasteiger partial charge >= 0.3 is 0 Å². The minimum atomic E-state index is 0.228. The number of H-pyrrole nitrogens is 1. The summed E-state index contributed by atoms with van der Waals surface area (Å²) in [5.74, 6) is 0.752. The van der Waals surface area contributed by atoms with E-state index in [0.29, 0.717) is 12.3 Å². The Hall–Kier alpha value is -1.98. The number of thiophene rings is 1. The number of aromatic nitrogens is 1. The van der Waals surface area contributed by atoms with Crippen LogP contribution in [-0.2, 0) is 11.2 Å². The lowest BCUT2D eigenvalue weighted by atomic mass is 9.97. The molecule has 26 heavy (non-hydrogen) atoms. The topological polar surface area (TPSA) is 36.1 Å². The van der Waals surface area contributed by atoms with Crippen LogP contribution >= 0.6 is 23.1 Å². The molecule has 4 rings (SSSR count). The molecule has 0 spiro atoms. The Morgan fingerprint density at radius 3 is 2.96 bits per heavy atom. The maximum atomic E-state index is 12.5. The number of carbonyl (C=O) groups is 1. The number of thioether (sulfide) groups is 1. The van der Waals surface area contributed by atoms with E-state index in [-0.39, 0.29) is 5.91 Å². The standard InChI is InChI=1S/C21H22N2OS2/c1-2-15-5-3-6-17-18(13-22-21(15)17)16-8-10-23(11-9-16)19(24)14-26-20-7-4-12-25-20/h3-8,12-13,22H,2,9-11,14H2,1H3. The Morgan fingerprint density at radius 2 is 2.23 bits per heavy atom. The van der Waals surface area contributed by atoms with E-state index in [1.807, 2.05) is 16.3 Å². The van der Waals surface area contributed by atoms with Gasteiger partial charge in [0, 0.05) is 35.8 Å². The van der Waals surface area contributed by atoms with E-state index in [9.17, 15) is 4.79 Å². The number of hydrogen-bond acceptors (Lipinski definition) is 3. The molecule has 1 N–H and O–H groups in total. The van der Waals surface area contributed by atoms with Gasteiger partial charge in [0.2, 0.25) is 5.91 Å². The lowest BCUT2D eigenvalue weighted by molar-refractivity contribution is -0.127. The summed E-state index contributed by atoms with van der Waals surface area (Å²) in [6.07, 6.45) is 6.29. The normalized spacial score (nSPS) is 14.7. The monoisotopic (exact) mass is 382 g/mol. The molecule has 3 heterocycles. The van der Waals surface area contributed by atoms with Gasteiger partial charge in [0.25, 0.3) is 0 Å². The van der Waals surface area contributed by atoms with E-state index < -0.39 is 0 Å². The molecule has 0 saturated heterocycles. The zero-order chi connectivity index (χ0) is 17.9. The maximum absolute atomic E-state index is 12.5. The average molecular weight is 383 g/mol. The third kappa shape index (κ3) is 3.46. The van der Waals surface area contributed by atoms with Crippen molar-refractivity contribution >= 4 is 45.5 Å². The summed E-state index contributed by atoms with van der Waals surface area (Å²) in [5, 5.41) is 3.34. The summed E-state index contributed by atoms with van der Waals surface area (Å²) >= 11 is 3.33. The number of aryl methyl sites for hydroxylation is 1. The van der Waals surface area contributed by atoms with Crippen molar-refractivity contribution < 1.29 is 4.79 Å². The fraction of sp³-hybridized carbons (Fsp3) is 0.286. The van der Waals surface area contributed by atoms with Gasteiger partial charge in [0.05, 0.1) is 9.96 Å². The van der Waals surface area contributed by atoms with Gasteiger partial charge < -0.3 is 9.88 Å². The van der Waals surface area contributed by atoms with E-state index in [0.717, 1.165) is 19.4 Å². The highest BCUT2D eigenvalue weighted by atomic mass is 32.2. The summed E-state index contributed by atoms with van der Waals surface area (Å²) < 4.78 is 1.21. The van der Waals surface area contributed by atoms with Crippen molar-refractivity contribution in [2.75, 3.05) is 18.8 Å². The quantitative estimate of drug-likeness (QED) is 0.616. The molecule has 0 radical (unpaired) electrons. The van der Waals surface area contributed by atoms with E-state index >= 15 is 0 Å². The van der Waals surface area contributed by atoms with Gasteiger partial charge in [-0.1, -0.05) is 37.3 Å². The fourth-order valence-electron chi connectivity index (χ4n) is 3.49. The Bertz CT molecular complexity index is 940. The highest BCUT2D eigenvalue weighted by Gasteiger charge is 2.20. The molecule has 3 nitrogen and oxygen atoms in total. The average Bonchev–Trinajstić information content (AvgIpc) is 3.35. The Labute approximate surface area is 162 Å². The van der Waals surface area contributed by atoms with Crippen molar-refractivity contribution in [1.29, 1.82) is 0 Å². The van der Waals surface area contributed by atoms with Crippen molar-refractivity contribution in [3.8, 4) is 0 Å². The van der Waals surface area contributed by atoms with Gasteiger partial charge in [-0.05, 0) is 35.4 Å². The van der Waals surface area contributed by atoms with Crippen LogP contribution in [0.2, 0.25) is 0 Å². The highest BCUT2D eigenvalue weighted by molar-refractivity contribution is 8.01. The van der Waals surface area contributed by atoms with Gasteiger partial charge in [0.15, 0.2) is 0 Å². The molecule has 0 fully saturated rings. The first-order valence-corrected chi connectivity index (χ1v) is 10.8. The van der Waals surface area contributed by atoms with Crippen molar-refractivity contribution in [3.05, 3.63) is 59.1 Å². The summed E-state index contributed by atoms with van der Waals surface area (Å²) in [4.78, 5) is 17.9. The van der Waals surface area contributed by atoms with Gasteiger partial charge in [-0.25, -0.2) is 0 Å². The van der Waals surface area contributed by atoms with E-state index in [2.05, 4.69) is 48.4 Å². The van der Waals surface area contributed by atoms with Gasteiger partial charge in [0.1, 0.15) is 0 Å². The second kappa shape index (κ2) is 7.72. The molecule has 2 aromatic heterocycles. The first kappa shape index (κ1) is 17.4. The number of hydrogen-bond donors (Lipinski definition) is 1. The Balaban J connectivity index is 1.45. The van der Waals surface area contributed by atoms with Crippen LogP contribution in [0.4, 0.5) is 0 Å². The molecule has 5 heteroatoms. The number of rotatable bonds is 5. The molecule has 0 aliphatic carbocycles. The van der Waals surface area contributed by atoms with Crippen molar-refractivity contribution in [2.24, 2.45) is 0 Å². The molecule has 0 atom stereocenters. The highest BCUT2D eigenvalue weighted by Crippen LogP contribution is 2.31. The van der Waals surface area contributed by atoms with Gasteiger partial charge in [-0.2, -0.15) is 0 Å². The van der Waals surface area contributed by atoms with Crippen LogP contribution in [0.25, 0.3) is 16.5 Å². The van der Waals surface area contributed by atoms with Crippen LogP contribution in [-0.4, -0.2) is 34.6 Å². The molecular formula is C21H22N2OS2. The second-order valence-corrected chi connectivity index (χ2v) is 8.66. The second-order valence-electron chi connectivity index (χ2n) is 6.44. The van der Waals surface area contributed by atoms with Crippen LogP contribution in [0.1, 0.15) is 24.5 Å². The number of amides is 1. The number of aromatic amines is 1. The summed E-state index contributed by atoms with van der Waals surface area (Å²) in [7, 11) is 0. The third-order valence-corrected chi connectivity index (χ3v) is 7.04. The van der Waals surface area contributed by atoms with E-state index in [4.69, 9.17) is 0 Å². The molecular weight excluding hydrogens is 360 g/mol. The van der Waals surface area contributed by atoms with Crippen molar-refractivity contribution in [2.45, 2.75) is 24.0 Å². The molecule has 1 aliphatic rings. The minimum absolute atomic E-state index is 0.228. The molecule has 1 amide bonds. The van der Waals surface area contributed by atoms with Gasteiger partial charge in [-0.15, -0.1) is 23.1 Å². The predicted octanol–water partition coefficient (Wildman–Crippen LogP) is 5.20.